The van der Waals surface area contributed by atoms with E-state index in [4.69, 9.17) is 8.83 Å². The number of rotatable bonds is 7. The van der Waals surface area contributed by atoms with Crippen LogP contribution in [0.4, 0.5) is 4.39 Å². The number of nitrogens with zero attached hydrogens (tertiary/aromatic N) is 2. The van der Waals surface area contributed by atoms with Crippen molar-refractivity contribution in [3.8, 4) is 22.8 Å². The minimum atomic E-state index is -0.431. The highest BCUT2D eigenvalue weighted by atomic mass is 19.1. The number of halogens is 1. The Hall–Kier alpha value is -4.20. The molecule has 4 rings (SSSR count). The molecule has 1 N–H and O–H groups in total. The van der Waals surface area contributed by atoms with E-state index in [-0.39, 0.29) is 42.1 Å². The topological polar surface area (TPSA) is 88.6 Å². The summed E-state index contributed by atoms with van der Waals surface area (Å²) in [5.41, 5.74) is 1.04. The first-order valence-electron chi connectivity index (χ1n) is 9.87. The number of carbonyl (C=O) groups excluding carboxylic acids is 2. The highest BCUT2D eigenvalue weighted by molar-refractivity contribution is 6.01. The second kappa shape index (κ2) is 9.30. The Balaban J connectivity index is 1.50. The normalized spacial score (nSPS) is 10.7. The van der Waals surface area contributed by atoms with E-state index < -0.39 is 5.82 Å². The molecule has 0 bridgehead atoms. The lowest BCUT2D eigenvalue weighted by atomic mass is 10.1. The van der Waals surface area contributed by atoms with Crippen LogP contribution in [0.1, 0.15) is 16.1 Å². The van der Waals surface area contributed by atoms with Crippen molar-refractivity contribution in [2.45, 2.75) is 6.54 Å². The van der Waals surface area contributed by atoms with Crippen LogP contribution in [0.2, 0.25) is 0 Å². The lowest BCUT2D eigenvalue weighted by Gasteiger charge is -2.18. The Morgan fingerprint density at radius 1 is 1.03 bits per heavy atom. The minimum absolute atomic E-state index is 0.139. The molecule has 0 spiro atoms. The summed E-state index contributed by atoms with van der Waals surface area (Å²) in [6, 6.07) is 16.5. The van der Waals surface area contributed by atoms with Gasteiger partial charge in [-0.3, -0.25) is 9.59 Å². The van der Waals surface area contributed by atoms with Crippen LogP contribution >= 0.6 is 0 Å². The molecular formula is C24H20FN3O4. The van der Waals surface area contributed by atoms with Gasteiger partial charge in [0.15, 0.2) is 5.76 Å². The van der Waals surface area contributed by atoms with Gasteiger partial charge in [-0.05, 0) is 36.4 Å². The van der Waals surface area contributed by atoms with Crippen molar-refractivity contribution in [3.05, 3.63) is 90.3 Å². The van der Waals surface area contributed by atoms with Crippen LogP contribution in [0.3, 0.4) is 0 Å². The Morgan fingerprint density at radius 2 is 1.78 bits per heavy atom. The molecule has 2 heterocycles. The minimum Gasteiger partial charge on any atom is -0.467 e. The summed E-state index contributed by atoms with van der Waals surface area (Å²) < 4.78 is 25.0. The van der Waals surface area contributed by atoms with Gasteiger partial charge >= 0.3 is 0 Å². The molecule has 7 nitrogen and oxygen atoms in total. The van der Waals surface area contributed by atoms with E-state index in [0.717, 1.165) is 0 Å². The van der Waals surface area contributed by atoms with Gasteiger partial charge in [-0.2, -0.15) is 0 Å². The van der Waals surface area contributed by atoms with Gasteiger partial charge in [0.05, 0.1) is 36.7 Å². The van der Waals surface area contributed by atoms with Crippen molar-refractivity contribution in [3.63, 3.8) is 0 Å². The van der Waals surface area contributed by atoms with Gasteiger partial charge in [-0.1, -0.05) is 24.3 Å². The Morgan fingerprint density at radius 3 is 2.53 bits per heavy atom. The monoisotopic (exact) mass is 433 g/mol. The first kappa shape index (κ1) is 21.0. The molecule has 0 aliphatic rings. The van der Waals surface area contributed by atoms with E-state index >= 15 is 0 Å². The Kier molecular flexibility index (Phi) is 6.12. The van der Waals surface area contributed by atoms with Gasteiger partial charge in [-0.15, -0.1) is 0 Å². The maximum atomic E-state index is 14.1. The van der Waals surface area contributed by atoms with Crippen LogP contribution in [0.5, 0.6) is 0 Å². The van der Waals surface area contributed by atoms with Crippen molar-refractivity contribution < 1.29 is 22.8 Å². The maximum Gasteiger partial charge on any atom is 0.254 e. The zero-order chi connectivity index (χ0) is 22.5. The average molecular weight is 433 g/mol. The van der Waals surface area contributed by atoms with Gasteiger partial charge in [0.1, 0.15) is 11.6 Å². The maximum absolute atomic E-state index is 14.1. The molecular weight excluding hydrogens is 413 g/mol. The second-order valence-corrected chi connectivity index (χ2v) is 7.07. The number of aromatic nitrogens is 1. The first-order valence-corrected chi connectivity index (χ1v) is 9.87. The molecule has 0 radical (unpaired) electrons. The number of benzene rings is 2. The molecule has 8 heteroatoms. The third kappa shape index (κ3) is 4.59. The van der Waals surface area contributed by atoms with Crippen LogP contribution in [-0.4, -0.2) is 35.3 Å². The summed E-state index contributed by atoms with van der Waals surface area (Å²) in [6.07, 6.45) is 2.94. The molecule has 2 amide bonds. The van der Waals surface area contributed by atoms with Gasteiger partial charge in [0.25, 0.3) is 5.91 Å². The second-order valence-electron chi connectivity index (χ2n) is 7.07. The fraction of sp³-hybridized carbons (Fsp3) is 0.125. The first-order chi connectivity index (χ1) is 15.5. The molecule has 4 aromatic rings. The number of carbonyl (C=O) groups is 2. The van der Waals surface area contributed by atoms with E-state index in [9.17, 15) is 14.0 Å². The van der Waals surface area contributed by atoms with Crippen LogP contribution in [0.15, 0.2) is 82.0 Å². The Bertz CT molecular complexity index is 1230. The lowest BCUT2D eigenvalue weighted by Crippen LogP contribution is -2.38. The van der Waals surface area contributed by atoms with Crippen LogP contribution < -0.4 is 5.32 Å². The summed E-state index contributed by atoms with van der Waals surface area (Å²) >= 11 is 0. The predicted molar refractivity (Wildman–Crippen MR) is 115 cm³/mol. The molecule has 162 valence electrons. The molecule has 32 heavy (non-hydrogen) atoms. The van der Waals surface area contributed by atoms with E-state index in [1.54, 1.807) is 54.6 Å². The third-order valence-electron chi connectivity index (χ3n) is 4.80. The summed E-state index contributed by atoms with van der Waals surface area (Å²) in [4.78, 5) is 30.8. The quantitative estimate of drug-likeness (QED) is 0.473. The number of hydrogen-bond acceptors (Lipinski definition) is 5. The van der Waals surface area contributed by atoms with Gasteiger partial charge in [0, 0.05) is 12.6 Å². The zero-order valence-electron chi connectivity index (χ0n) is 17.2. The number of nitrogens with one attached hydrogen (secondary N) is 1. The molecule has 0 fully saturated rings. The fourth-order valence-electron chi connectivity index (χ4n) is 3.19. The molecule has 0 aliphatic heterocycles. The molecule has 0 atom stereocenters. The van der Waals surface area contributed by atoms with E-state index in [0.29, 0.717) is 16.9 Å². The fourth-order valence-corrected chi connectivity index (χ4v) is 3.19. The van der Waals surface area contributed by atoms with Crippen molar-refractivity contribution >= 4 is 11.8 Å². The number of amides is 2. The molecule has 2 aromatic heterocycles. The molecule has 0 saturated heterocycles. The van der Waals surface area contributed by atoms with Gasteiger partial charge in [0.2, 0.25) is 11.8 Å². The van der Waals surface area contributed by atoms with Crippen LogP contribution in [-0.2, 0) is 11.3 Å². The number of likely N-dealkylation sites (N-methyl/N-ethyl adjacent to an activating group) is 1. The molecule has 0 aliphatic carbocycles. The summed E-state index contributed by atoms with van der Waals surface area (Å²) in [7, 11) is 1.53. The van der Waals surface area contributed by atoms with Crippen LogP contribution in [0, 0.1) is 5.82 Å². The zero-order valence-corrected chi connectivity index (χ0v) is 17.2. The average Bonchev–Trinajstić information content (AvgIpc) is 3.50. The standard InChI is InChI=1S/C24H20FN3O4/c1-28(15-22(29)26-13-16-7-6-12-31-16)24(30)18-9-3-2-8-17(18)23-27-14-21(32-23)19-10-4-5-11-20(19)25/h2-12,14H,13,15H2,1H3,(H,26,29). The van der Waals surface area contributed by atoms with Gasteiger partial charge < -0.3 is 19.1 Å². The molecule has 2 aromatic carbocycles. The SMILES string of the molecule is CN(CC(=O)NCc1ccco1)C(=O)c1ccccc1-c1ncc(-c2ccccc2F)o1. The summed E-state index contributed by atoms with van der Waals surface area (Å²) in [5, 5.41) is 2.70. The van der Waals surface area contributed by atoms with Gasteiger partial charge in [-0.25, -0.2) is 9.37 Å². The smallest absolute Gasteiger partial charge is 0.254 e. The van der Waals surface area contributed by atoms with Crippen LogP contribution in [0.25, 0.3) is 22.8 Å². The van der Waals surface area contributed by atoms with Crippen molar-refractivity contribution in [1.29, 1.82) is 0 Å². The third-order valence-corrected chi connectivity index (χ3v) is 4.80. The molecule has 0 saturated carbocycles. The number of hydrogen-bond donors (Lipinski definition) is 1. The largest absolute Gasteiger partial charge is 0.467 e. The number of furan rings is 1. The highest BCUT2D eigenvalue weighted by Gasteiger charge is 2.21. The predicted octanol–water partition coefficient (Wildman–Crippen LogP) is 4.13. The summed E-state index contributed by atoms with van der Waals surface area (Å²) in [5.74, 6) is -0.0759. The van der Waals surface area contributed by atoms with Crippen molar-refractivity contribution in [2.75, 3.05) is 13.6 Å². The lowest BCUT2D eigenvalue weighted by molar-refractivity contribution is -0.121. The van der Waals surface area contributed by atoms with E-state index in [2.05, 4.69) is 10.3 Å². The Labute approximate surface area is 183 Å². The summed E-state index contributed by atoms with van der Waals surface area (Å²) in [6.45, 7) is 0.0968. The molecule has 0 unspecified atom stereocenters. The van der Waals surface area contributed by atoms with Crippen molar-refractivity contribution in [1.82, 2.24) is 15.2 Å². The number of oxazole rings is 1. The van der Waals surface area contributed by atoms with E-state index in [1.807, 2.05) is 0 Å². The van der Waals surface area contributed by atoms with Crippen molar-refractivity contribution in [2.24, 2.45) is 0 Å². The van der Waals surface area contributed by atoms with E-state index in [1.165, 1.54) is 30.5 Å². The highest BCUT2D eigenvalue weighted by Crippen LogP contribution is 2.29.